The molecule has 11 heavy (non-hydrogen) atoms. The fourth-order valence-electron chi connectivity index (χ4n) is 0.540. The van der Waals surface area contributed by atoms with Crippen LogP contribution in [-0.4, -0.2) is 27.1 Å². The Hall–Kier alpha value is -0.543. The van der Waals surface area contributed by atoms with Crippen LogP contribution in [0.5, 0.6) is 0 Å². The average molecular weight is 176 g/mol. The monoisotopic (exact) mass is 176 g/mol. The van der Waals surface area contributed by atoms with E-state index in [1.165, 1.54) is 0 Å². The zero-order valence-corrected chi connectivity index (χ0v) is 7.66. The Balaban J connectivity index is 3.92. The summed E-state index contributed by atoms with van der Waals surface area (Å²) in [5.41, 5.74) is 0. The van der Waals surface area contributed by atoms with Crippen molar-refractivity contribution < 1.29 is 18.1 Å². The summed E-state index contributed by atoms with van der Waals surface area (Å²) in [5, 5.41) is 0. The highest BCUT2D eigenvalue weighted by molar-refractivity contribution is 6.52. The minimum absolute atomic E-state index is 0.310. The van der Waals surface area contributed by atoms with Crippen molar-refractivity contribution in [3.8, 4) is 12.5 Å². The van der Waals surface area contributed by atoms with Crippen molar-refractivity contribution in [2.75, 3.05) is 13.2 Å². The molecule has 0 aromatic heterocycles. The van der Waals surface area contributed by atoms with Gasteiger partial charge in [0.2, 0.25) is 0 Å². The summed E-state index contributed by atoms with van der Waals surface area (Å²) in [7, 11) is -3.49. The standard InChI is InChI=1S/C6H12O4Si/c1-4-8-11(7,9-5-2)10-6-3/h1,7H,5-6H2,2-3H3. The Bertz CT molecular complexity index is 136. The first-order valence-electron chi connectivity index (χ1n) is 3.32. The maximum atomic E-state index is 9.34. The first-order valence-corrected chi connectivity index (χ1v) is 4.99. The summed E-state index contributed by atoms with van der Waals surface area (Å²) in [6, 6.07) is 0. The molecule has 0 aliphatic rings. The first kappa shape index (κ1) is 10.5. The average Bonchev–Trinajstić information content (AvgIpc) is 1.88. The van der Waals surface area contributed by atoms with Crippen molar-refractivity contribution in [3.63, 3.8) is 0 Å². The van der Waals surface area contributed by atoms with Gasteiger partial charge >= 0.3 is 9.05 Å². The Kier molecular flexibility index (Phi) is 4.90. The fraction of sp³-hybridized carbons (Fsp3) is 0.667. The Morgan fingerprint density at radius 2 is 1.82 bits per heavy atom. The van der Waals surface area contributed by atoms with Crippen molar-refractivity contribution >= 4 is 9.05 Å². The molecule has 0 amide bonds. The van der Waals surface area contributed by atoms with Gasteiger partial charge in [-0.05, 0) is 13.8 Å². The Morgan fingerprint density at radius 1 is 1.36 bits per heavy atom. The summed E-state index contributed by atoms with van der Waals surface area (Å²) in [6.45, 7) is 4.06. The number of hydrogen-bond acceptors (Lipinski definition) is 4. The molecule has 64 valence electrons. The first-order chi connectivity index (χ1) is 5.18. The van der Waals surface area contributed by atoms with Gasteiger partial charge in [-0.2, -0.15) is 0 Å². The van der Waals surface area contributed by atoms with Crippen molar-refractivity contribution in [1.29, 1.82) is 0 Å². The van der Waals surface area contributed by atoms with Gasteiger partial charge in [0.25, 0.3) is 0 Å². The summed E-state index contributed by atoms with van der Waals surface area (Å²) in [6.07, 6.45) is 6.66. The molecule has 0 bridgehead atoms. The zero-order chi connectivity index (χ0) is 8.74. The van der Waals surface area contributed by atoms with Crippen LogP contribution in [0.4, 0.5) is 0 Å². The van der Waals surface area contributed by atoms with Crippen molar-refractivity contribution in [2.24, 2.45) is 0 Å². The van der Waals surface area contributed by atoms with Crippen LogP contribution in [0.1, 0.15) is 13.8 Å². The normalized spacial score (nSPS) is 10.7. The molecule has 5 heteroatoms. The zero-order valence-electron chi connectivity index (χ0n) is 6.66. The van der Waals surface area contributed by atoms with E-state index < -0.39 is 9.05 Å². The van der Waals surface area contributed by atoms with Gasteiger partial charge in [0.05, 0.1) is 6.11 Å². The summed E-state index contributed by atoms with van der Waals surface area (Å²) in [5.74, 6) is 0. The van der Waals surface area contributed by atoms with E-state index >= 15 is 0 Å². The van der Waals surface area contributed by atoms with E-state index in [4.69, 9.17) is 15.3 Å². The van der Waals surface area contributed by atoms with E-state index in [-0.39, 0.29) is 0 Å². The van der Waals surface area contributed by atoms with Crippen LogP contribution >= 0.6 is 0 Å². The highest BCUT2D eigenvalue weighted by Gasteiger charge is 2.42. The van der Waals surface area contributed by atoms with E-state index in [1.54, 1.807) is 13.8 Å². The van der Waals surface area contributed by atoms with Crippen molar-refractivity contribution in [3.05, 3.63) is 0 Å². The maximum Gasteiger partial charge on any atom is 0.755 e. The van der Waals surface area contributed by atoms with Gasteiger partial charge in [-0.3, -0.25) is 0 Å². The maximum absolute atomic E-state index is 9.34. The number of terminal acetylenes is 1. The van der Waals surface area contributed by atoms with Gasteiger partial charge in [0, 0.05) is 13.2 Å². The predicted octanol–water partition coefficient (Wildman–Crippen LogP) is 0.0946. The molecule has 0 atom stereocenters. The molecule has 0 fully saturated rings. The van der Waals surface area contributed by atoms with Crippen LogP contribution in [0, 0.1) is 12.5 Å². The number of hydrogen-bond donors (Lipinski definition) is 1. The molecule has 0 aliphatic carbocycles. The van der Waals surface area contributed by atoms with E-state index in [0.717, 1.165) is 0 Å². The molecular weight excluding hydrogens is 164 g/mol. The predicted molar refractivity (Wildman–Crippen MR) is 41.1 cm³/mol. The van der Waals surface area contributed by atoms with Crippen molar-refractivity contribution in [2.45, 2.75) is 13.8 Å². The topological polar surface area (TPSA) is 47.9 Å². The molecule has 1 N–H and O–H groups in total. The van der Waals surface area contributed by atoms with Gasteiger partial charge in [-0.1, -0.05) is 6.42 Å². The summed E-state index contributed by atoms with van der Waals surface area (Å²) >= 11 is 0. The lowest BCUT2D eigenvalue weighted by Crippen LogP contribution is -2.44. The molecule has 0 saturated heterocycles. The SMILES string of the molecule is C#CO[Si](O)(OCC)OCC. The lowest BCUT2D eigenvalue weighted by Gasteiger charge is -2.17. The highest BCUT2D eigenvalue weighted by atomic mass is 28.4. The largest absolute Gasteiger partial charge is 0.755 e. The van der Waals surface area contributed by atoms with E-state index in [1.807, 2.05) is 6.11 Å². The molecule has 4 nitrogen and oxygen atoms in total. The van der Waals surface area contributed by atoms with Crippen LogP contribution in [0.2, 0.25) is 0 Å². The third-order valence-electron chi connectivity index (χ3n) is 0.841. The van der Waals surface area contributed by atoms with E-state index in [2.05, 4.69) is 4.43 Å². The molecule has 0 spiro atoms. The lowest BCUT2D eigenvalue weighted by atomic mass is 10.9. The van der Waals surface area contributed by atoms with E-state index in [9.17, 15) is 4.80 Å². The van der Waals surface area contributed by atoms with Gasteiger partial charge in [0.1, 0.15) is 0 Å². The van der Waals surface area contributed by atoms with Crippen LogP contribution in [0.15, 0.2) is 0 Å². The minimum Gasteiger partial charge on any atom is -0.429 e. The van der Waals surface area contributed by atoms with Gasteiger partial charge < -0.3 is 18.1 Å². The fourth-order valence-corrected chi connectivity index (χ4v) is 1.62. The molecule has 0 saturated carbocycles. The van der Waals surface area contributed by atoms with Crippen LogP contribution in [0.25, 0.3) is 0 Å². The van der Waals surface area contributed by atoms with E-state index in [0.29, 0.717) is 13.2 Å². The molecule has 0 rings (SSSR count). The lowest BCUT2D eigenvalue weighted by molar-refractivity contribution is 0.0311. The second-order valence-corrected chi connectivity index (χ2v) is 3.44. The molecular formula is C6H12O4Si. The number of rotatable bonds is 5. The second kappa shape index (κ2) is 5.15. The smallest absolute Gasteiger partial charge is 0.429 e. The second-order valence-electron chi connectivity index (χ2n) is 1.61. The summed E-state index contributed by atoms with van der Waals surface area (Å²) in [4.78, 5) is 9.34. The molecule has 0 aliphatic heterocycles. The Labute approximate surface area is 67.6 Å². The molecule has 0 radical (unpaired) electrons. The van der Waals surface area contributed by atoms with Gasteiger partial charge in [0.15, 0.2) is 0 Å². The quantitative estimate of drug-likeness (QED) is 0.476. The van der Waals surface area contributed by atoms with Crippen LogP contribution in [0.3, 0.4) is 0 Å². The molecule has 0 aromatic carbocycles. The summed E-state index contributed by atoms with van der Waals surface area (Å²) < 4.78 is 14.1. The van der Waals surface area contributed by atoms with Gasteiger partial charge in [-0.25, -0.2) is 0 Å². The Morgan fingerprint density at radius 3 is 2.09 bits per heavy atom. The van der Waals surface area contributed by atoms with Gasteiger partial charge in [-0.15, -0.1) is 0 Å². The minimum atomic E-state index is -3.49. The molecule has 0 aromatic rings. The molecule has 0 heterocycles. The van der Waals surface area contributed by atoms with Crippen molar-refractivity contribution in [1.82, 2.24) is 0 Å². The van der Waals surface area contributed by atoms with Crippen LogP contribution < -0.4 is 0 Å². The third kappa shape index (κ3) is 4.01. The molecule has 0 unspecified atom stereocenters. The third-order valence-corrected chi connectivity index (χ3v) is 2.52. The highest BCUT2D eigenvalue weighted by Crippen LogP contribution is 2.03. The van der Waals surface area contributed by atoms with Crippen LogP contribution in [-0.2, 0) is 13.3 Å².